The molecule has 0 unspecified atom stereocenters. The Morgan fingerprint density at radius 2 is 1.72 bits per heavy atom. The number of nitrogens with zero attached hydrogens (tertiary/aromatic N) is 2. The summed E-state index contributed by atoms with van der Waals surface area (Å²) in [6.45, 7) is -1.95. The van der Waals surface area contributed by atoms with Gasteiger partial charge in [-0.3, -0.25) is 4.79 Å². The van der Waals surface area contributed by atoms with Crippen molar-refractivity contribution in [2.45, 2.75) is 12.8 Å². The van der Waals surface area contributed by atoms with E-state index in [9.17, 15) is 26.7 Å². The lowest BCUT2D eigenvalue weighted by atomic mass is 10.1. The van der Waals surface area contributed by atoms with Gasteiger partial charge in [-0.15, -0.1) is 0 Å². The quantitative estimate of drug-likeness (QED) is 0.624. The summed E-state index contributed by atoms with van der Waals surface area (Å²) >= 11 is 0. The van der Waals surface area contributed by atoms with Crippen LogP contribution in [0.4, 0.5) is 22.0 Å². The molecule has 1 heterocycles. The van der Waals surface area contributed by atoms with Gasteiger partial charge in [-0.1, -0.05) is 0 Å². The molecule has 0 aliphatic carbocycles. The minimum Gasteiger partial charge on any atom is -0.367 e. The molecule has 2 aromatic carbocycles. The lowest BCUT2D eigenvalue weighted by Crippen LogP contribution is -2.16. The zero-order valence-corrected chi connectivity index (χ0v) is 14.7. The van der Waals surface area contributed by atoms with E-state index in [2.05, 4.69) is 9.84 Å². The highest BCUT2D eigenvalue weighted by Gasteiger charge is 2.27. The molecule has 3 aromatic rings. The molecule has 0 radical (unpaired) electrons. The first-order valence-electron chi connectivity index (χ1n) is 8.22. The van der Waals surface area contributed by atoms with Gasteiger partial charge in [0.2, 0.25) is 0 Å². The highest BCUT2D eigenvalue weighted by Crippen LogP contribution is 2.27. The molecular weight excluding hydrogens is 397 g/mol. The summed E-state index contributed by atoms with van der Waals surface area (Å²) in [5, 5.41) is 4.06. The molecule has 0 fully saturated rings. The largest absolute Gasteiger partial charge is 0.411 e. The van der Waals surface area contributed by atoms with E-state index in [1.165, 1.54) is 41.1 Å². The fourth-order valence-electron chi connectivity index (χ4n) is 2.65. The highest BCUT2D eigenvalue weighted by atomic mass is 19.4. The molecule has 0 saturated carbocycles. The van der Waals surface area contributed by atoms with Crippen molar-refractivity contribution in [3.8, 4) is 16.9 Å². The van der Waals surface area contributed by atoms with Gasteiger partial charge in [-0.25, -0.2) is 13.5 Å². The maximum atomic E-state index is 14.1. The van der Waals surface area contributed by atoms with Gasteiger partial charge in [0.15, 0.2) is 5.69 Å². The number of carbonyl (C=O) groups excluding carboxylic acids is 1. The van der Waals surface area contributed by atoms with Crippen LogP contribution >= 0.6 is 0 Å². The summed E-state index contributed by atoms with van der Waals surface area (Å²) in [7, 11) is 0. The molecule has 0 aliphatic rings. The van der Waals surface area contributed by atoms with Crippen LogP contribution in [0.3, 0.4) is 0 Å². The van der Waals surface area contributed by atoms with Crippen LogP contribution < -0.4 is 5.73 Å². The molecule has 0 aliphatic heterocycles. The van der Waals surface area contributed by atoms with Crippen LogP contribution in [0.5, 0.6) is 0 Å². The standard InChI is InChI=1S/C19H14F5N3O2/c20-13-1-3-15(4-2-13)27-17(8-16(26-27)18(25)28)12-5-11(6-14(21)7-12)9-29-10-19(22,23)24/h1-8H,9-10H2,(H2,25,28). The number of benzene rings is 2. The lowest BCUT2D eigenvalue weighted by molar-refractivity contribution is -0.176. The summed E-state index contributed by atoms with van der Waals surface area (Å²) in [5.41, 5.74) is 6.12. The monoisotopic (exact) mass is 411 g/mol. The average molecular weight is 411 g/mol. The van der Waals surface area contributed by atoms with Crippen LogP contribution in [0.15, 0.2) is 48.5 Å². The lowest BCUT2D eigenvalue weighted by Gasteiger charge is -2.11. The number of ether oxygens (including phenoxy) is 1. The number of carbonyl (C=O) groups is 1. The summed E-state index contributed by atoms with van der Waals surface area (Å²) in [6, 6.07) is 10.00. The van der Waals surface area contributed by atoms with E-state index in [0.717, 1.165) is 12.1 Å². The van der Waals surface area contributed by atoms with Crippen molar-refractivity contribution in [1.82, 2.24) is 9.78 Å². The van der Waals surface area contributed by atoms with E-state index in [4.69, 9.17) is 5.73 Å². The molecule has 29 heavy (non-hydrogen) atoms. The number of rotatable bonds is 6. The van der Waals surface area contributed by atoms with Crippen molar-refractivity contribution < 1.29 is 31.5 Å². The van der Waals surface area contributed by atoms with Crippen molar-refractivity contribution in [2.24, 2.45) is 5.73 Å². The summed E-state index contributed by atoms with van der Waals surface area (Å²) in [4.78, 5) is 11.5. The van der Waals surface area contributed by atoms with Crippen molar-refractivity contribution in [1.29, 1.82) is 0 Å². The molecule has 2 N–H and O–H groups in total. The molecule has 152 valence electrons. The first-order valence-corrected chi connectivity index (χ1v) is 8.22. The predicted molar refractivity (Wildman–Crippen MR) is 93.1 cm³/mol. The third-order valence-electron chi connectivity index (χ3n) is 3.82. The Labute approximate surface area is 161 Å². The first-order chi connectivity index (χ1) is 13.6. The minimum absolute atomic E-state index is 0.122. The fourth-order valence-corrected chi connectivity index (χ4v) is 2.65. The van der Waals surface area contributed by atoms with Crippen LogP contribution in [0.25, 0.3) is 16.9 Å². The number of hydrogen-bond acceptors (Lipinski definition) is 3. The molecule has 0 saturated heterocycles. The molecular formula is C19H14F5N3O2. The third kappa shape index (κ3) is 5.17. The summed E-state index contributed by atoms with van der Waals surface area (Å²) < 4.78 is 69.9. The Morgan fingerprint density at radius 3 is 2.34 bits per heavy atom. The molecule has 0 atom stereocenters. The van der Waals surface area contributed by atoms with Gasteiger partial charge in [0.25, 0.3) is 5.91 Å². The molecule has 1 aromatic heterocycles. The Kier molecular flexibility index (Phi) is 5.64. The maximum absolute atomic E-state index is 14.1. The van der Waals surface area contributed by atoms with Crippen molar-refractivity contribution >= 4 is 5.91 Å². The molecule has 5 nitrogen and oxygen atoms in total. The molecule has 3 rings (SSSR count). The summed E-state index contributed by atoms with van der Waals surface area (Å²) in [5.74, 6) is -2.05. The normalized spacial score (nSPS) is 11.6. The smallest absolute Gasteiger partial charge is 0.367 e. The second kappa shape index (κ2) is 8.00. The van der Waals surface area contributed by atoms with E-state index in [1.807, 2.05) is 0 Å². The van der Waals surface area contributed by atoms with E-state index < -0.39 is 36.9 Å². The highest BCUT2D eigenvalue weighted by molar-refractivity contribution is 5.92. The maximum Gasteiger partial charge on any atom is 0.411 e. The predicted octanol–water partition coefficient (Wildman–Crippen LogP) is 4.00. The van der Waals surface area contributed by atoms with Crippen LogP contribution in [-0.2, 0) is 11.3 Å². The number of halogens is 5. The Morgan fingerprint density at radius 1 is 1.03 bits per heavy atom. The van der Waals surface area contributed by atoms with Gasteiger partial charge in [0.1, 0.15) is 18.2 Å². The molecule has 0 bridgehead atoms. The van der Waals surface area contributed by atoms with Gasteiger partial charge in [0.05, 0.1) is 18.0 Å². The second-order valence-corrected chi connectivity index (χ2v) is 6.12. The van der Waals surface area contributed by atoms with E-state index in [1.54, 1.807) is 0 Å². The Hall–Kier alpha value is -3.27. The molecule has 0 spiro atoms. The van der Waals surface area contributed by atoms with Gasteiger partial charge in [-0.2, -0.15) is 18.3 Å². The fraction of sp³-hybridized carbons (Fsp3) is 0.158. The van der Waals surface area contributed by atoms with Crippen LogP contribution in [-0.4, -0.2) is 28.5 Å². The van der Waals surface area contributed by atoms with E-state index >= 15 is 0 Å². The van der Waals surface area contributed by atoms with Crippen molar-refractivity contribution in [3.05, 3.63) is 71.4 Å². The van der Waals surface area contributed by atoms with Gasteiger partial charge in [0, 0.05) is 5.56 Å². The van der Waals surface area contributed by atoms with Gasteiger partial charge < -0.3 is 10.5 Å². The van der Waals surface area contributed by atoms with Gasteiger partial charge in [-0.05, 0) is 54.1 Å². The van der Waals surface area contributed by atoms with Crippen LogP contribution in [0.2, 0.25) is 0 Å². The minimum atomic E-state index is -4.51. The van der Waals surface area contributed by atoms with Crippen LogP contribution in [0, 0.1) is 11.6 Å². The number of alkyl halides is 3. The Bertz CT molecular complexity index is 1030. The van der Waals surface area contributed by atoms with Gasteiger partial charge >= 0.3 is 6.18 Å². The number of aromatic nitrogens is 2. The van der Waals surface area contributed by atoms with Crippen molar-refractivity contribution in [3.63, 3.8) is 0 Å². The van der Waals surface area contributed by atoms with Crippen LogP contribution in [0.1, 0.15) is 16.1 Å². The van der Waals surface area contributed by atoms with E-state index in [-0.39, 0.29) is 22.5 Å². The molecule has 10 heteroatoms. The third-order valence-corrected chi connectivity index (χ3v) is 3.82. The Balaban J connectivity index is 2.01. The first kappa shape index (κ1) is 20.5. The number of primary amides is 1. The number of nitrogens with two attached hydrogens (primary N) is 1. The average Bonchev–Trinajstić information content (AvgIpc) is 3.06. The zero-order valence-electron chi connectivity index (χ0n) is 14.7. The SMILES string of the molecule is NC(=O)c1cc(-c2cc(F)cc(COCC(F)(F)F)c2)n(-c2ccc(F)cc2)n1. The summed E-state index contributed by atoms with van der Waals surface area (Å²) in [6.07, 6.45) is -4.51. The number of amides is 1. The zero-order chi connectivity index (χ0) is 21.2. The topological polar surface area (TPSA) is 70.1 Å². The van der Waals surface area contributed by atoms with Crippen molar-refractivity contribution in [2.75, 3.05) is 6.61 Å². The number of hydrogen-bond donors (Lipinski definition) is 1. The second-order valence-electron chi connectivity index (χ2n) is 6.12. The van der Waals surface area contributed by atoms with E-state index in [0.29, 0.717) is 5.69 Å². The molecule has 1 amide bonds.